The van der Waals surface area contributed by atoms with Gasteiger partial charge in [0.15, 0.2) is 0 Å². The fourth-order valence-corrected chi connectivity index (χ4v) is 2.88. The van der Waals surface area contributed by atoms with Crippen molar-refractivity contribution in [2.75, 3.05) is 13.1 Å². The van der Waals surface area contributed by atoms with Crippen molar-refractivity contribution in [2.45, 2.75) is 18.9 Å². The van der Waals surface area contributed by atoms with Crippen LogP contribution >= 0.6 is 0 Å². The standard InChI is InChI=1S/C13H12N2O3/c16-8-2-1-6-10-12(14-11(6)8)9(17)5-7(13(10)18)15-3-4-15/h5,8,14,16H,1-4H2. The molecule has 1 aromatic rings. The number of allylic oxidation sites excluding steroid dienone is 2. The number of carbonyl (C=O) groups is 2. The normalized spacial score (nSPS) is 25.1. The number of aromatic nitrogens is 1. The van der Waals surface area contributed by atoms with Gasteiger partial charge in [0.2, 0.25) is 11.6 Å². The molecular weight excluding hydrogens is 232 g/mol. The number of ketones is 2. The largest absolute Gasteiger partial charge is 0.387 e. The second-order valence-electron chi connectivity index (χ2n) is 5.03. The molecule has 4 rings (SSSR count). The Morgan fingerprint density at radius 1 is 1.33 bits per heavy atom. The number of aliphatic hydroxyl groups excluding tert-OH is 1. The van der Waals surface area contributed by atoms with Crippen LogP contribution in [0.1, 0.15) is 44.6 Å². The van der Waals surface area contributed by atoms with Crippen LogP contribution in [0.5, 0.6) is 0 Å². The van der Waals surface area contributed by atoms with Crippen molar-refractivity contribution < 1.29 is 14.7 Å². The summed E-state index contributed by atoms with van der Waals surface area (Å²) in [6, 6.07) is 0. The number of rotatable bonds is 1. The zero-order chi connectivity index (χ0) is 12.4. The molecule has 1 aliphatic heterocycles. The van der Waals surface area contributed by atoms with Gasteiger partial charge in [-0.1, -0.05) is 0 Å². The maximum absolute atomic E-state index is 12.4. The van der Waals surface area contributed by atoms with Crippen molar-refractivity contribution in [1.82, 2.24) is 9.88 Å². The quantitative estimate of drug-likeness (QED) is 0.708. The van der Waals surface area contributed by atoms with Gasteiger partial charge in [0, 0.05) is 24.9 Å². The van der Waals surface area contributed by atoms with E-state index in [1.807, 2.05) is 4.90 Å². The van der Waals surface area contributed by atoms with Crippen molar-refractivity contribution >= 4 is 11.6 Å². The van der Waals surface area contributed by atoms with E-state index >= 15 is 0 Å². The van der Waals surface area contributed by atoms with E-state index in [2.05, 4.69) is 4.98 Å². The zero-order valence-corrected chi connectivity index (χ0v) is 9.69. The van der Waals surface area contributed by atoms with Crippen LogP contribution < -0.4 is 0 Å². The SMILES string of the molecule is O=C1C=C(N2CC2)C(=O)c2c1[nH]c1c2CCC1O. The number of aliphatic hydroxyl groups is 1. The summed E-state index contributed by atoms with van der Waals surface area (Å²) in [7, 11) is 0. The molecule has 3 aliphatic rings. The molecule has 1 atom stereocenters. The van der Waals surface area contributed by atoms with Crippen LogP contribution in [0.3, 0.4) is 0 Å². The smallest absolute Gasteiger partial charge is 0.211 e. The van der Waals surface area contributed by atoms with Crippen LogP contribution in [0.4, 0.5) is 0 Å². The van der Waals surface area contributed by atoms with Gasteiger partial charge in [-0.3, -0.25) is 9.59 Å². The number of nitrogens with zero attached hydrogens (tertiary/aromatic N) is 1. The maximum atomic E-state index is 12.4. The molecule has 2 N–H and O–H groups in total. The third-order valence-corrected chi connectivity index (χ3v) is 3.90. The van der Waals surface area contributed by atoms with Gasteiger partial charge in [-0.05, 0) is 18.4 Å². The molecule has 0 bridgehead atoms. The van der Waals surface area contributed by atoms with E-state index in [0.717, 1.165) is 18.7 Å². The number of aromatic amines is 1. The highest BCUT2D eigenvalue weighted by molar-refractivity contribution is 6.24. The number of nitrogens with one attached hydrogen (secondary N) is 1. The van der Waals surface area contributed by atoms with Crippen LogP contribution in [0.25, 0.3) is 0 Å². The minimum Gasteiger partial charge on any atom is -0.387 e. The Bertz CT molecular complexity index is 622. The molecule has 5 heteroatoms. The van der Waals surface area contributed by atoms with E-state index in [1.165, 1.54) is 6.08 Å². The number of fused-ring (bicyclic) bond motifs is 3. The molecule has 2 aliphatic carbocycles. The van der Waals surface area contributed by atoms with Crippen molar-refractivity contribution in [3.8, 4) is 0 Å². The highest BCUT2D eigenvalue weighted by Crippen LogP contribution is 2.38. The predicted octanol–water partition coefficient (Wildman–Crippen LogP) is 0.573. The summed E-state index contributed by atoms with van der Waals surface area (Å²) < 4.78 is 0. The fourth-order valence-electron chi connectivity index (χ4n) is 2.88. The monoisotopic (exact) mass is 244 g/mol. The van der Waals surface area contributed by atoms with Gasteiger partial charge in [0.1, 0.15) is 0 Å². The van der Waals surface area contributed by atoms with E-state index in [4.69, 9.17) is 0 Å². The molecule has 0 saturated carbocycles. The Morgan fingerprint density at radius 3 is 2.83 bits per heavy atom. The Balaban J connectivity index is 1.90. The average molecular weight is 244 g/mol. The number of hydrogen-bond donors (Lipinski definition) is 2. The summed E-state index contributed by atoms with van der Waals surface area (Å²) in [4.78, 5) is 29.3. The van der Waals surface area contributed by atoms with Crippen molar-refractivity contribution in [1.29, 1.82) is 0 Å². The molecule has 2 heterocycles. The molecule has 1 aromatic heterocycles. The summed E-state index contributed by atoms with van der Waals surface area (Å²) in [5, 5.41) is 9.81. The second kappa shape index (κ2) is 3.11. The van der Waals surface area contributed by atoms with Gasteiger partial charge >= 0.3 is 0 Å². The highest BCUT2D eigenvalue weighted by Gasteiger charge is 2.39. The lowest BCUT2D eigenvalue weighted by Gasteiger charge is -2.14. The molecule has 0 radical (unpaired) electrons. The number of hydrogen-bond acceptors (Lipinski definition) is 4. The molecular formula is C13H12N2O3. The first-order valence-corrected chi connectivity index (χ1v) is 6.15. The molecule has 0 amide bonds. The minimum absolute atomic E-state index is 0.0753. The van der Waals surface area contributed by atoms with Gasteiger partial charge in [0.25, 0.3) is 0 Å². The third kappa shape index (κ3) is 1.14. The van der Waals surface area contributed by atoms with E-state index in [-0.39, 0.29) is 11.6 Å². The minimum atomic E-state index is -0.573. The maximum Gasteiger partial charge on any atom is 0.211 e. The lowest BCUT2D eigenvalue weighted by molar-refractivity contribution is 0.0967. The summed E-state index contributed by atoms with van der Waals surface area (Å²) in [6.07, 6.45) is 2.12. The summed E-state index contributed by atoms with van der Waals surface area (Å²) in [5.74, 6) is -0.234. The van der Waals surface area contributed by atoms with Gasteiger partial charge < -0.3 is 15.0 Å². The zero-order valence-electron chi connectivity index (χ0n) is 9.69. The van der Waals surface area contributed by atoms with E-state index < -0.39 is 6.10 Å². The van der Waals surface area contributed by atoms with Crippen molar-refractivity contribution in [2.24, 2.45) is 0 Å². The van der Waals surface area contributed by atoms with Crippen molar-refractivity contribution in [3.05, 3.63) is 34.3 Å². The number of carbonyl (C=O) groups excluding carboxylic acids is 2. The lowest BCUT2D eigenvalue weighted by atomic mass is 9.95. The Labute approximate surface area is 103 Å². The Hall–Kier alpha value is -1.88. The second-order valence-corrected chi connectivity index (χ2v) is 5.03. The lowest BCUT2D eigenvalue weighted by Crippen LogP contribution is -2.21. The van der Waals surface area contributed by atoms with Crippen LogP contribution in [0, 0.1) is 0 Å². The van der Waals surface area contributed by atoms with Crippen molar-refractivity contribution in [3.63, 3.8) is 0 Å². The Morgan fingerprint density at radius 2 is 2.11 bits per heavy atom. The molecule has 1 fully saturated rings. The molecule has 5 nitrogen and oxygen atoms in total. The third-order valence-electron chi connectivity index (χ3n) is 3.90. The fraction of sp³-hybridized carbons (Fsp3) is 0.385. The van der Waals surface area contributed by atoms with Crippen LogP contribution in [0.2, 0.25) is 0 Å². The molecule has 18 heavy (non-hydrogen) atoms. The summed E-state index contributed by atoms with van der Waals surface area (Å²) in [5.41, 5.74) is 2.85. The number of H-pyrrole nitrogens is 1. The van der Waals surface area contributed by atoms with E-state index in [1.54, 1.807) is 0 Å². The van der Waals surface area contributed by atoms with Crippen LogP contribution in [-0.2, 0) is 6.42 Å². The van der Waals surface area contributed by atoms with Crippen LogP contribution in [-0.4, -0.2) is 39.6 Å². The molecule has 0 aromatic carbocycles. The van der Waals surface area contributed by atoms with E-state index in [0.29, 0.717) is 35.5 Å². The number of Topliss-reactive ketones (excluding diaryl/α,β-unsaturated/α-hetero) is 1. The molecule has 1 unspecified atom stereocenters. The van der Waals surface area contributed by atoms with Gasteiger partial charge in [-0.25, -0.2) is 0 Å². The molecule has 1 saturated heterocycles. The molecule has 0 spiro atoms. The Kier molecular flexibility index (Phi) is 1.74. The van der Waals surface area contributed by atoms with Gasteiger partial charge in [-0.15, -0.1) is 0 Å². The van der Waals surface area contributed by atoms with Gasteiger partial charge in [0.05, 0.1) is 23.1 Å². The first kappa shape index (κ1) is 10.1. The van der Waals surface area contributed by atoms with Gasteiger partial charge in [-0.2, -0.15) is 0 Å². The summed E-state index contributed by atoms with van der Waals surface area (Å²) in [6.45, 7) is 1.69. The van der Waals surface area contributed by atoms with E-state index in [9.17, 15) is 14.7 Å². The summed E-state index contributed by atoms with van der Waals surface area (Å²) >= 11 is 0. The highest BCUT2D eigenvalue weighted by atomic mass is 16.3. The first-order valence-electron chi connectivity index (χ1n) is 6.15. The topological polar surface area (TPSA) is 73.2 Å². The van der Waals surface area contributed by atoms with Crippen LogP contribution in [0.15, 0.2) is 11.8 Å². The average Bonchev–Trinajstić information content (AvgIpc) is 3.01. The predicted molar refractivity (Wildman–Crippen MR) is 62.4 cm³/mol. The molecule has 92 valence electrons. The first-order chi connectivity index (χ1) is 8.66.